The van der Waals surface area contributed by atoms with Gasteiger partial charge in [-0.25, -0.2) is 0 Å². The number of anilines is 1. The number of carboxylic acids is 1. The summed E-state index contributed by atoms with van der Waals surface area (Å²) in [6, 6.07) is 6.36. The van der Waals surface area contributed by atoms with Crippen LogP contribution in [0.3, 0.4) is 0 Å². The summed E-state index contributed by atoms with van der Waals surface area (Å²) in [5.41, 5.74) is 3.65. The molecule has 2 aliphatic rings. The fraction of sp³-hybridized carbons (Fsp3) is 0.533. The van der Waals surface area contributed by atoms with Crippen LogP contribution in [0.15, 0.2) is 18.2 Å². The van der Waals surface area contributed by atoms with Crippen molar-refractivity contribution in [2.75, 3.05) is 18.4 Å². The number of nitrogens with one attached hydrogen (secondary N) is 2. The van der Waals surface area contributed by atoms with E-state index in [4.69, 9.17) is 5.11 Å². The zero-order valence-electron chi connectivity index (χ0n) is 11.0. The highest BCUT2D eigenvalue weighted by Crippen LogP contribution is 2.31. The number of hydrogen-bond acceptors (Lipinski definition) is 3. The number of carboxylic acid groups (broad SMARTS) is 1. The molecule has 102 valence electrons. The summed E-state index contributed by atoms with van der Waals surface area (Å²) in [6.07, 6.45) is 4.92. The normalized spacial score (nSPS) is 20.2. The minimum atomic E-state index is -0.737. The Morgan fingerprint density at radius 3 is 2.79 bits per heavy atom. The van der Waals surface area contributed by atoms with Gasteiger partial charge in [0.1, 0.15) is 0 Å². The van der Waals surface area contributed by atoms with Crippen LogP contribution in [0.5, 0.6) is 0 Å². The molecule has 0 amide bonds. The van der Waals surface area contributed by atoms with Crippen molar-refractivity contribution < 1.29 is 9.90 Å². The van der Waals surface area contributed by atoms with Gasteiger partial charge in [-0.2, -0.15) is 0 Å². The van der Waals surface area contributed by atoms with Crippen LogP contribution in [0.25, 0.3) is 0 Å². The molecule has 0 aromatic heterocycles. The molecule has 0 spiro atoms. The zero-order chi connectivity index (χ0) is 13.3. The molecule has 3 rings (SSSR count). The van der Waals surface area contributed by atoms with Crippen molar-refractivity contribution in [2.24, 2.45) is 0 Å². The van der Waals surface area contributed by atoms with Crippen LogP contribution in [0.4, 0.5) is 5.69 Å². The molecule has 1 heterocycles. The van der Waals surface area contributed by atoms with Gasteiger partial charge < -0.3 is 15.7 Å². The first-order chi connectivity index (χ1) is 9.19. The van der Waals surface area contributed by atoms with Crippen LogP contribution in [0.2, 0.25) is 0 Å². The van der Waals surface area contributed by atoms with E-state index in [0.717, 1.165) is 31.6 Å². The fourth-order valence-corrected chi connectivity index (χ4v) is 3.16. The van der Waals surface area contributed by atoms with Crippen molar-refractivity contribution in [2.45, 2.75) is 37.6 Å². The van der Waals surface area contributed by atoms with E-state index >= 15 is 0 Å². The molecular formula is C15H20N2O2. The molecule has 1 aliphatic heterocycles. The summed E-state index contributed by atoms with van der Waals surface area (Å²) < 4.78 is 0. The second kappa shape index (κ2) is 4.85. The number of benzene rings is 1. The number of hydrogen-bond donors (Lipinski definition) is 3. The first-order valence-corrected chi connectivity index (χ1v) is 7.00. The Labute approximate surface area is 113 Å². The standard InChI is InChI=1S/C15H20N2O2/c18-14(19)8-15(9-16-10-15)17-13-7-3-5-11-4-1-2-6-12(11)13/h3,5,7,16-17H,1-2,4,6,8-10H2,(H,18,19). The third-order valence-corrected chi connectivity index (χ3v) is 4.21. The van der Waals surface area contributed by atoms with Crippen molar-refractivity contribution in [3.8, 4) is 0 Å². The van der Waals surface area contributed by atoms with Gasteiger partial charge in [0, 0.05) is 18.8 Å². The third-order valence-electron chi connectivity index (χ3n) is 4.21. The maximum atomic E-state index is 11.0. The lowest BCUT2D eigenvalue weighted by Gasteiger charge is -2.43. The van der Waals surface area contributed by atoms with E-state index in [2.05, 4.69) is 28.8 Å². The average Bonchev–Trinajstić information content (AvgIpc) is 2.36. The molecule has 1 aromatic carbocycles. The second-order valence-corrected chi connectivity index (χ2v) is 5.73. The highest BCUT2D eigenvalue weighted by molar-refractivity contribution is 5.71. The number of fused-ring (bicyclic) bond motifs is 1. The van der Waals surface area contributed by atoms with Gasteiger partial charge in [0.05, 0.1) is 12.0 Å². The van der Waals surface area contributed by atoms with Crippen molar-refractivity contribution in [1.82, 2.24) is 5.32 Å². The van der Waals surface area contributed by atoms with E-state index < -0.39 is 5.97 Å². The maximum absolute atomic E-state index is 11.0. The molecule has 3 N–H and O–H groups in total. The van der Waals surface area contributed by atoms with Crippen LogP contribution in [-0.4, -0.2) is 29.7 Å². The predicted molar refractivity (Wildman–Crippen MR) is 74.6 cm³/mol. The molecular weight excluding hydrogens is 240 g/mol. The Morgan fingerprint density at radius 2 is 2.11 bits per heavy atom. The van der Waals surface area contributed by atoms with Gasteiger partial charge in [0.15, 0.2) is 0 Å². The summed E-state index contributed by atoms with van der Waals surface area (Å²) in [6.45, 7) is 1.45. The lowest BCUT2D eigenvalue weighted by Crippen LogP contribution is -2.65. The number of carbonyl (C=O) groups is 1. The minimum absolute atomic E-state index is 0.170. The first kappa shape index (κ1) is 12.5. The average molecular weight is 260 g/mol. The SMILES string of the molecule is O=C(O)CC1(Nc2cccc3c2CCCC3)CNC1. The van der Waals surface area contributed by atoms with Crippen LogP contribution in [0, 0.1) is 0 Å². The Morgan fingerprint density at radius 1 is 1.32 bits per heavy atom. The van der Waals surface area contributed by atoms with Gasteiger partial charge in [-0.3, -0.25) is 4.79 Å². The molecule has 0 bridgehead atoms. The molecule has 0 unspecified atom stereocenters. The number of aliphatic carboxylic acids is 1. The molecule has 0 radical (unpaired) electrons. The summed E-state index contributed by atoms with van der Waals surface area (Å²) >= 11 is 0. The lowest BCUT2D eigenvalue weighted by atomic mass is 9.85. The topological polar surface area (TPSA) is 61.4 Å². The molecule has 1 aliphatic carbocycles. The smallest absolute Gasteiger partial charge is 0.305 e. The van der Waals surface area contributed by atoms with Gasteiger partial charge in [-0.15, -0.1) is 0 Å². The van der Waals surface area contributed by atoms with E-state index in [9.17, 15) is 4.79 Å². The van der Waals surface area contributed by atoms with Crippen LogP contribution in [-0.2, 0) is 17.6 Å². The monoisotopic (exact) mass is 260 g/mol. The minimum Gasteiger partial charge on any atom is -0.481 e. The van der Waals surface area contributed by atoms with Gasteiger partial charge in [-0.05, 0) is 42.9 Å². The van der Waals surface area contributed by atoms with Crippen molar-refractivity contribution in [3.05, 3.63) is 29.3 Å². The molecule has 0 atom stereocenters. The Balaban J connectivity index is 1.84. The number of rotatable bonds is 4. The van der Waals surface area contributed by atoms with E-state index in [1.54, 1.807) is 0 Å². The van der Waals surface area contributed by atoms with E-state index in [0.29, 0.717) is 0 Å². The van der Waals surface area contributed by atoms with E-state index in [-0.39, 0.29) is 12.0 Å². The maximum Gasteiger partial charge on any atom is 0.305 e. The first-order valence-electron chi connectivity index (χ1n) is 7.00. The summed E-state index contributed by atoms with van der Waals surface area (Å²) in [7, 11) is 0. The molecule has 1 aromatic rings. The molecule has 1 fully saturated rings. The summed E-state index contributed by atoms with van der Waals surface area (Å²) in [5.74, 6) is -0.737. The summed E-state index contributed by atoms with van der Waals surface area (Å²) in [5, 5.41) is 15.8. The van der Waals surface area contributed by atoms with E-state index in [1.807, 2.05) is 0 Å². The van der Waals surface area contributed by atoms with E-state index in [1.165, 1.54) is 24.0 Å². The van der Waals surface area contributed by atoms with Crippen LogP contribution in [0.1, 0.15) is 30.4 Å². The molecule has 0 saturated carbocycles. The Hall–Kier alpha value is -1.55. The number of aryl methyl sites for hydroxylation is 1. The van der Waals surface area contributed by atoms with Crippen LogP contribution < -0.4 is 10.6 Å². The van der Waals surface area contributed by atoms with Crippen molar-refractivity contribution in [3.63, 3.8) is 0 Å². The van der Waals surface area contributed by atoms with Crippen LogP contribution >= 0.6 is 0 Å². The van der Waals surface area contributed by atoms with Gasteiger partial charge in [0.2, 0.25) is 0 Å². The predicted octanol–water partition coefficient (Wildman–Crippen LogP) is 1.79. The second-order valence-electron chi connectivity index (χ2n) is 5.73. The lowest BCUT2D eigenvalue weighted by molar-refractivity contribution is -0.138. The van der Waals surface area contributed by atoms with Gasteiger partial charge >= 0.3 is 5.97 Å². The highest BCUT2D eigenvalue weighted by atomic mass is 16.4. The van der Waals surface area contributed by atoms with Crippen molar-refractivity contribution in [1.29, 1.82) is 0 Å². The third kappa shape index (κ3) is 2.45. The van der Waals surface area contributed by atoms with Crippen molar-refractivity contribution >= 4 is 11.7 Å². The Bertz CT molecular complexity index is 495. The highest BCUT2D eigenvalue weighted by Gasteiger charge is 2.39. The molecule has 1 saturated heterocycles. The molecule has 19 heavy (non-hydrogen) atoms. The quantitative estimate of drug-likeness (QED) is 0.772. The fourth-order valence-electron chi connectivity index (χ4n) is 3.16. The summed E-state index contributed by atoms with van der Waals surface area (Å²) in [4.78, 5) is 11.0. The zero-order valence-corrected chi connectivity index (χ0v) is 11.0. The molecule has 4 nitrogen and oxygen atoms in total. The largest absolute Gasteiger partial charge is 0.481 e. The Kier molecular flexibility index (Phi) is 3.19. The van der Waals surface area contributed by atoms with Gasteiger partial charge in [0.25, 0.3) is 0 Å². The van der Waals surface area contributed by atoms with Gasteiger partial charge in [-0.1, -0.05) is 12.1 Å². The molecule has 4 heteroatoms.